The van der Waals surface area contributed by atoms with Gasteiger partial charge in [-0.1, -0.05) is 0 Å². The SMILES string of the molecule is CN(C)C(=O)c1cncc(C#N)c1OC1CC1. The zero-order valence-electron chi connectivity index (χ0n) is 9.80. The minimum atomic E-state index is -0.203. The van der Waals surface area contributed by atoms with E-state index in [0.717, 1.165) is 12.8 Å². The Morgan fingerprint density at radius 1 is 1.53 bits per heavy atom. The molecule has 0 N–H and O–H groups in total. The maximum absolute atomic E-state index is 11.9. The van der Waals surface area contributed by atoms with Crippen LogP contribution < -0.4 is 4.74 Å². The van der Waals surface area contributed by atoms with Gasteiger partial charge >= 0.3 is 0 Å². The number of aromatic nitrogens is 1. The van der Waals surface area contributed by atoms with Crippen LogP contribution in [0, 0.1) is 11.3 Å². The highest BCUT2D eigenvalue weighted by Gasteiger charge is 2.28. The van der Waals surface area contributed by atoms with Gasteiger partial charge in [0.05, 0.1) is 6.10 Å². The fourth-order valence-electron chi connectivity index (χ4n) is 1.40. The van der Waals surface area contributed by atoms with Gasteiger partial charge in [0.25, 0.3) is 5.91 Å². The molecule has 1 fully saturated rings. The summed E-state index contributed by atoms with van der Waals surface area (Å²) in [4.78, 5) is 17.3. The first kappa shape index (κ1) is 11.4. The number of nitrogens with zero attached hydrogens (tertiary/aromatic N) is 3. The van der Waals surface area contributed by atoms with E-state index in [4.69, 9.17) is 10.00 Å². The first-order valence-electron chi connectivity index (χ1n) is 5.40. The topological polar surface area (TPSA) is 66.2 Å². The summed E-state index contributed by atoms with van der Waals surface area (Å²) in [7, 11) is 3.31. The molecular weight excluding hydrogens is 218 g/mol. The van der Waals surface area contributed by atoms with Crippen molar-refractivity contribution in [1.29, 1.82) is 5.26 Å². The number of rotatable bonds is 3. The zero-order chi connectivity index (χ0) is 12.4. The average molecular weight is 231 g/mol. The molecule has 1 aliphatic rings. The van der Waals surface area contributed by atoms with E-state index in [0.29, 0.717) is 16.9 Å². The Bertz CT molecular complexity index is 487. The molecule has 0 unspecified atom stereocenters. The van der Waals surface area contributed by atoms with E-state index in [1.807, 2.05) is 6.07 Å². The van der Waals surface area contributed by atoms with Crippen LogP contribution >= 0.6 is 0 Å². The molecule has 17 heavy (non-hydrogen) atoms. The average Bonchev–Trinajstić information content (AvgIpc) is 3.12. The molecule has 1 saturated carbocycles. The molecule has 0 aromatic carbocycles. The van der Waals surface area contributed by atoms with Gasteiger partial charge in [-0.2, -0.15) is 5.26 Å². The summed E-state index contributed by atoms with van der Waals surface area (Å²) in [6.07, 6.45) is 4.95. The quantitative estimate of drug-likeness (QED) is 0.783. The maximum Gasteiger partial charge on any atom is 0.258 e. The summed E-state index contributed by atoms with van der Waals surface area (Å²) in [5, 5.41) is 9.00. The molecule has 5 heteroatoms. The van der Waals surface area contributed by atoms with Crippen molar-refractivity contribution < 1.29 is 9.53 Å². The van der Waals surface area contributed by atoms with Crippen molar-refractivity contribution in [2.75, 3.05) is 14.1 Å². The van der Waals surface area contributed by atoms with Gasteiger partial charge in [0, 0.05) is 26.5 Å². The number of pyridine rings is 1. The zero-order valence-corrected chi connectivity index (χ0v) is 9.80. The third-order valence-corrected chi connectivity index (χ3v) is 2.46. The van der Waals surface area contributed by atoms with Gasteiger partial charge in [0.15, 0.2) is 5.75 Å². The van der Waals surface area contributed by atoms with Crippen LogP contribution in [0.25, 0.3) is 0 Å². The number of hydrogen-bond acceptors (Lipinski definition) is 4. The molecule has 0 radical (unpaired) electrons. The Morgan fingerprint density at radius 3 is 2.76 bits per heavy atom. The smallest absolute Gasteiger partial charge is 0.258 e. The van der Waals surface area contributed by atoms with Crippen molar-refractivity contribution in [3.63, 3.8) is 0 Å². The van der Waals surface area contributed by atoms with Crippen LogP contribution in [-0.4, -0.2) is 36.0 Å². The Kier molecular flexibility index (Phi) is 2.96. The van der Waals surface area contributed by atoms with E-state index < -0.39 is 0 Å². The van der Waals surface area contributed by atoms with Gasteiger partial charge in [0.1, 0.15) is 17.2 Å². The molecule has 0 spiro atoms. The summed E-state index contributed by atoms with van der Waals surface area (Å²) < 4.78 is 5.64. The largest absolute Gasteiger partial charge is 0.488 e. The van der Waals surface area contributed by atoms with Gasteiger partial charge in [-0.15, -0.1) is 0 Å². The van der Waals surface area contributed by atoms with Crippen LogP contribution in [0.1, 0.15) is 28.8 Å². The van der Waals surface area contributed by atoms with Crippen LogP contribution in [0.4, 0.5) is 0 Å². The molecule has 0 bridgehead atoms. The number of nitriles is 1. The number of hydrogen-bond donors (Lipinski definition) is 0. The van der Waals surface area contributed by atoms with Gasteiger partial charge < -0.3 is 9.64 Å². The molecule has 1 aromatic heterocycles. The fourth-order valence-corrected chi connectivity index (χ4v) is 1.40. The molecule has 2 rings (SSSR count). The van der Waals surface area contributed by atoms with E-state index >= 15 is 0 Å². The van der Waals surface area contributed by atoms with Gasteiger partial charge in [-0.25, -0.2) is 0 Å². The Hall–Kier alpha value is -2.09. The first-order valence-corrected chi connectivity index (χ1v) is 5.40. The molecule has 1 aromatic rings. The lowest BCUT2D eigenvalue weighted by Gasteiger charge is -2.14. The highest BCUT2D eigenvalue weighted by atomic mass is 16.5. The highest BCUT2D eigenvalue weighted by molar-refractivity contribution is 5.97. The summed E-state index contributed by atoms with van der Waals surface area (Å²) in [5.41, 5.74) is 0.658. The van der Waals surface area contributed by atoms with Crippen LogP contribution in [0.15, 0.2) is 12.4 Å². The molecule has 1 amide bonds. The van der Waals surface area contributed by atoms with Crippen LogP contribution in [0.3, 0.4) is 0 Å². The molecule has 1 aliphatic carbocycles. The van der Waals surface area contributed by atoms with Crippen LogP contribution in [0.2, 0.25) is 0 Å². The van der Waals surface area contributed by atoms with Gasteiger partial charge in [0.2, 0.25) is 0 Å². The minimum Gasteiger partial charge on any atom is -0.488 e. The van der Waals surface area contributed by atoms with Crippen molar-refractivity contribution in [2.45, 2.75) is 18.9 Å². The predicted molar refractivity (Wildman–Crippen MR) is 60.6 cm³/mol. The lowest BCUT2D eigenvalue weighted by molar-refractivity contribution is 0.0822. The third-order valence-electron chi connectivity index (χ3n) is 2.46. The van der Waals surface area contributed by atoms with Crippen LogP contribution in [0.5, 0.6) is 5.75 Å². The van der Waals surface area contributed by atoms with Crippen molar-refractivity contribution in [3.05, 3.63) is 23.5 Å². The van der Waals surface area contributed by atoms with E-state index in [9.17, 15) is 4.79 Å². The van der Waals surface area contributed by atoms with Gasteiger partial charge in [-0.05, 0) is 12.8 Å². The summed E-state index contributed by atoms with van der Waals surface area (Å²) >= 11 is 0. The molecule has 5 nitrogen and oxygen atoms in total. The number of amides is 1. The normalized spacial score (nSPS) is 13.9. The summed E-state index contributed by atoms with van der Waals surface area (Å²) in [5.74, 6) is 0.161. The monoisotopic (exact) mass is 231 g/mol. The lowest BCUT2D eigenvalue weighted by Crippen LogP contribution is -2.23. The number of carbonyl (C=O) groups excluding carboxylic acids is 1. The van der Waals surface area contributed by atoms with E-state index in [1.165, 1.54) is 17.3 Å². The number of ether oxygens (including phenoxy) is 1. The summed E-state index contributed by atoms with van der Waals surface area (Å²) in [6, 6.07) is 2.00. The second kappa shape index (κ2) is 4.42. The Balaban J connectivity index is 2.42. The van der Waals surface area contributed by atoms with Gasteiger partial charge in [-0.3, -0.25) is 9.78 Å². The molecule has 0 atom stereocenters. The predicted octanol–water partition coefficient (Wildman–Crippen LogP) is 1.20. The van der Waals surface area contributed by atoms with E-state index in [2.05, 4.69) is 4.98 Å². The Labute approximate surface area is 99.6 Å². The van der Waals surface area contributed by atoms with Crippen molar-refractivity contribution >= 4 is 5.91 Å². The van der Waals surface area contributed by atoms with Crippen molar-refractivity contribution in [1.82, 2.24) is 9.88 Å². The molecular formula is C12H13N3O2. The van der Waals surface area contributed by atoms with Crippen molar-refractivity contribution in [3.8, 4) is 11.8 Å². The first-order chi connectivity index (χ1) is 8.13. The summed E-state index contributed by atoms with van der Waals surface area (Å²) in [6.45, 7) is 0. The maximum atomic E-state index is 11.9. The second-order valence-electron chi connectivity index (χ2n) is 4.19. The number of carbonyl (C=O) groups is 1. The highest BCUT2D eigenvalue weighted by Crippen LogP contribution is 2.31. The lowest BCUT2D eigenvalue weighted by atomic mass is 10.1. The molecule has 1 heterocycles. The standard InChI is InChI=1S/C12H13N3O2/c1-15(2)12(16)10-7-14-6-8(5-13)11(10)17-9-3-4-9/h6-7,9H,3-4H2,1-2H3. The Morgan fingerprint density at radius 2 is 2.24 bits per heavy atom. The fraction of sp³-hybridized carbons (Fsp3) is 0.417. The minimum absolute atomic E-state index is 0.137. The van der Waals surface area contributed by atoms with E-state index in [1.54, 1.807) is 14.1 Å². The van der Waals surface area contributed by atoms with Crippen LogP contribution in [-0.2, 0) is 0 Å². The third kappa shape index (κ3) is 2.36. The molecule has 0 saturated heterocycles. The molecule has 88 valence electrons. The van der Waals surface area contributed by atoms with Crippen molar-refractivity contribution in [2.24, 2.45) is 0 Å². The van der Waals surface area contributed by atoms with E-state index in [-0.39, 0.29) is 12.0 Å². The second-order valence-corrected chi connectivity index (χ2v) is 4.19. The molecule has 0 aliphatic heterocycles.